The number of hydrogen-bond acceptors (Lipinski definition) is 6. The molecule has 0 saturated carbocycles. The Labute approximate surface area is 119 Å². The van der Waals surface area contributed by atoms with Crippen LogP contribution in [0.2, 0.25) is 0 Å². The number of nitrogens with zero attached hydrogens (tertiary/aromatic N) is 3. The van der Waals surface area contributed by atoms with Gasteiger partial charge in [0.25, 0.3) is 0 Å². The van der Waals surface area contributed by atoms with E-state index in [4.69, 9.17) is 5.73 Å². The number of rotatable bonds is 4. The molecule has 0 saturated heterocycles. The van der Waals surface area contributed by atoms with Crippen molar-refractivity contribution in [1.29, 1.82) is 0 Å². The first-order valence-corrected chi connectivity index (χ1v) is 6.37. The molecule has 2 rings (SSSR count). The zero-order valence-electron chi connectivity index (χ0n) is 12.2. The fraction of sp³-hybridized carbons (Fsp3) is 0.286. The first-order valence-electron chi connectivity index (χ1n) is 6.37. The SMILES string of the molecule is CNc1cc(Nc2ccc(C)c(N(C)C)c2)nc(N)n1. The van der Waals surface area contributed by atoms with E-state index in [-0.39, 0.29) is 5.95 Å². The van der Waals surface area contributed by atoms with Crippen LogP contribution in [0.3, 0.4) is 0 Å². The fourth-order valence-corrected chi connectivity index (χ4v) is 1.97. The Hall–Kier alpha value is -2.50. The average Bonchev–Trinajstić information content (AvgIpc) is 2.40. The molecule has 1 aromatic carbocycles. The molecule has 106 valence electrons. The smallest absolute Gasteiger partial charge is 0.223 e. The Morgan fingerprint density at radius 1 is 1.10 bits per heavy atom. The lowest BCUT2D eigenvalue weighted by Crippen LogP contribution is -2.10. The molecule has 0 unspecified atom stereocenters. The summed E-state index contributed by atoms with van der Waals surface area (Å²) in [5.74, 6) is 1.58. The van der Waals surface area contributed by atoms with Gasteiger partial charge in [0.2, 0.25) is 5.95 Å². The van der Waals surface area contributed by atoms with E-state index in [9.17, 15) is 0 Å². The van der Waals surface area contributed by atoms with E-state index in [1.807, 2.05) is 26.2 Å². The van der Waals surface area contributed by atoms with Gasteiger partial charge in [0.1, 0.15) is 11.6 Å². The van der Waals surface area contributed by atoms with Crippen molar-refractivity contribution in [3.8, 4) is 0 Å². The van der Waals surface area contributed by atoms with Crippen LogP contribution in [0.15, 0.2) is 24.3 Å². The maximum absolute atomic E-state index is 5.68. The summed E-state index contributed by atoms with van der Waals surface area (Å²) in [6.45, 7) is 2.08. The molecule has 6 nitrogen and oxygen atoms in total. The summed E-state index contributed by atoms with van der Waals surface area (Å²) in [5.41, 5.74) is 9.02. The summed E-state index contributed by atoms with van der Waals surface area (Å²) in [5, 5.41) is 6.20. The Morgan fingerprint density at radius 2 is 1.80 bits per heavy atom. The lowest BCUT2D eigenvalue weighted by Gasteiger charge is -2.17. The molecule has 0 aliphatic heterocycles. The lowest BCUT2D eigenvalue weighted by molar-refractivity contribution is 1.11. The van der Waals surface area contributed by atoms with Crippen molar-refractivity contribution < 1.29 is 0 Å². The van der Waals surface area contributed by atoms with Gasteiger partial charge in [-0.05, 0) is 24.6 Å². The predicted molar refractivity (Wildman–Crippen MR) is 84.8 cm³/mol. The summed E-state index contributed by atoms with van der Waals surface area (Å²) in [4.78, 5) is 10.3. The Balaban J connectivity index is 2.30. The van der Waals surface area contributed by atoms with E-state index in [1.54, 1.807) is 7.05 Å². The molecule has 0 aliphatic carbocycles. The summed E-state index contributed by atoms with van der Waals surface area (Å²) in [6, 6.07) is 7.97. The van der Waals surface area contributed by atoms with Gasteiger partial charge in [-0.15, -0.1) is 0 Å². The van der Waals surface area contributed by atoms with E-state index in [0.717, 1.165) is 11.4 Å². The van der Waals surface area contributed by atoms with Gasteiger partial charge in [-0.25, -0.2) is 0 Å². The molecule has 0 spiro atoms. The quantitative estimate of drug-likeness (QED) is 0.792. The molecule has 0 bridgehead atoms. The second kappa shape index (κ2) is 5.64. The second-order valence-corrected chi connectivity index (χ2v) is 4.77. The van der Waals surface area contributed by atoms with Crippen LogP contribution in [0.1, 0.15) is 5.56 Å². The zero-order valence-corrected chi connectivity index (χ0v) is 12.2. The molecule has 0 amide bonds. The predicted octanol–water partition coefficient (Wildman–Crippen LogP) is 2.22. The molecule has 0 atom stereocenters. The maximum atomic E-state index is 5.68. The van der Waals surface area contributed by atoms with Gasteiger partial charge in [0.05, 0.1) is 0 Å². The van der Waals surface area contributed by atoms with Crippen molar-refractivity contribution in [1.82, 2.24) is 9.97 Å². The van der Waals surface area contributed by atoms with E-state index >= 15 is 0 Å². The topological polar surface area (TPSA) is 79.1 Å². The summed E-state index contributed by atoms with van der Waals surface area (Å²) in [7, 11) is 5.84. The first-order chi connectivity index (χ1) is 9.49. The van der Waals surface area contributed by atoms with E-state index < -0.39 is 0 Å². The number of aromatic nitrogens is 2. The van der Waals surface area contributed by atoms with Gasteiger partial charge < -0.3 is 21.3 Å². The van der Waals surface area contributed by atoms with Crippen LogP contribution in [-0.4, -0.2) is 31.1 Å². The van der Waals surface area contributed by atoms with Crippen molar-refractivity contribution in [2.45, 2.75) is 6.92 Å². The average molecular weight is 272 g/mol. The molecule has 1 aromatic heterocycles. The number of aryl methyl sites for hydroxylation is 1. The molecule has 4 N–H and O–H groups in total. The third kappa shape index (κ3) is 3.09. The minimum absolute atomic E-state index is 0.235. The first kappa shape index (κ1) is 13.9. The van der Waals surface area contributed by atoms with Crippen molar-refractivity contribution in [3.63, 3.8) is 0 Å². The van der Waals surface area contributed by atoms with Gasteiger partial charge in [0.15, 0.2) is 0 Å². The molecular weight excluding hydrogens is 252 g/mol. The molecule has 6 heteroatoms. The van der Waals surface area contributed by atoms with Crippen LogP contribution in [0.5, 0.6) is 0 Å². The lowest BCUT2D eigenvalue weighted by atomic mass is 10.1. The molecular formula is C14H20N6. The Bertz CT molecular complexity index is 609. The van der Waals surface area contributed by atoms with Gasteiger partial charge >= 0.3 is 0 Å². The monoisotopic (exact) mass is 272 g/mol. The van der Waals surface area contributed by atoms with Crippen LogP contribution < -0.4 is 21.3 Å². The Morgan fingerprint density at radius 3 is 2.45 bits per heavy atom. The van der Waals surface area contributed by atoms with Gasteiger partial charge in [-0.1, -0.05) is 6.07 Å². The number of anilines is 5. The summed E-state index contributed by atoms with van der Waals surface area (Å²) in [6.07, 6.45) is 0. The van der Waals surface area contributed by atoms with Gasteiger partial charge in [-0.2, -0.15) is 9.97 Å². The summed E-state index contributed by atoms with van der Waals surface area (Å²) < 4.78 is 0. The number of nitrogens with two attached hydrogens (primary N) is 1. The summed E-state index contributed by atoms with van der Waals surface area (Å²) >= 11 is 0. The highest BCUT2D eigenvalue weighted by Gasteiger charge is 2.05. The van der Waals surface area contributed by atoms with Crippen LogP contribution in [0, 0.1) is 6.92 Å². The number of nitrogen functional groups attached to an aromatic ring is 1. The van der Waals surface area contributed by atoms with Crippen molar-refractivity contribution in [2.75, 3.05) is 42.4 Å². The van der Waals surface area contributed by atoms with Crippen LogP contribution in [0.4, 0.5) is 29.0 Å². The number of benzene rings is 1. The van der Waals surface area contributed by atoms with Gasteiger partial charge in [-0.3, -0.25) is 0 Å². The normalized spacial score (nSPS) is 10.2. The maximum Gasteiger partial charge on any atom is 0.223 e. The largest absolute Gasteiger partial charge is 0.377 e. The highest BCUT2D eigenvalue weighted by molar-refractivity contribution is 5.67. The minimum Gasteiger partial charge on any atom is -0.377 e. The number of nitrogens with one attached hydrogen (secondary N) is 2. The highest BCUT2D eigenvalue weighted by Crippen LogP contribution is 2.25. The standard InChI is InChI=1S/C14H20N6/c1-9-5-6-10(7-11(9)20(3)4)17-13-8-12(16-2)18-14(15)19-13/h5-8H,1-4H3,(H4,15,16,17,18,19). The third-order valence-corrected chi connectivity index (χ3v) is 2.96. The molecule has 0 aliphatic rings. The van der Waals surface area contributed by atoms with E-state index in [0.29, 0.717) is 11.6 Å². The van der Waals surface area contributed by atoms with Crippen LogP contribution in [-0.2, 0) is 0 Å². The van der Waals surface area contributed by atoms with Crippen LogP contribution >= 0.6 is 0 Å². The van der Waals surface area contributed by atoms with E-state index in [2.05, 4.69) is 44.6 Å². The van der Waals surface area contributed by atoms with Crippen molar-refractivity contribution in [3.05, 3.63) is 29.8 Å². The fourth-order valence-electron chi connectivity index (χ4n) is 1.97. The molecule has 0 fully saturated rings. The zero-order chi connectivity index (χ0) is 14.7. The van der Waals surface area contributed by atoms with Gasteiger partial charge in [0, 0.05) is 38.6 Å². The third-order valence-electron chi connectivity index (χ3n) is 2.96. The van der Waals surface area contributed by atoms with E-state index in [1.165, 1.54) is 5.56 Å². The molecule has 1 heterocycles. The minimum atomic E-state index is 0.235. The molecule has 0 radical (unpaired) electrons. The highest BCUT2D eigenvalue weighted by atomic mass is 15.1. The van der Waals surface area contributed by atoms with Crippen molar-refractivity contribution in [2.24, 2.45) is 0 Å². The second-order valence-electron chi connectivity index (χ2n) is 4.77. The molecule has 20 heavy (non-hydrogen) atoms. The number of hydrogen-bond donors (Lipinski definition) is 3. The molecule has 2 aromatic rings. The Kier molecular flexibility index (Phi) is 3.93. The van der Waals surface area contributed by atoms with Crippen molar-refractivity contribution >= 4 is 29.0 Å². The van der Waals surface area contributed by atoms with Crippen LogP contribution in [0.25, 0.3) is 0 Å².